The molecule has 0 saturated heterocycles. The monoisotopic (exact) mass is 399 g/mol. The first-order valence-corrected chi connectivity index (χ1v) is 9.89. The lowest BCUT2D eigenvalue weighted by Crippen LogP contribution is -2.21. The first-order chi connectivity index (χ1) is 14.6. The predicted molar refractivity (Wildman–Crippen MR) is 112 cm³/mol. The van der Waals surface area contributed by atoms with Crippen LogP contribution in [0.2, 0.25) is 0 Å². The van der Waals surface area contributed by atoms with Gasteiger partial charge in [0.05, 0.1) is 17.5 Å². The number of rotatable bonds is 4. The maximum absolute atomic E-state index is 13.2. The molecule has 0 radical (unpaired) electrons. The Morgan fingerprint density at radius 3 is 2.53 bits per heavy atom. The highest BCUT2D eigenvalue weighted by Gasteiger charge is 2.35. The van der Waals surface area contributed by atoms with Crippen LogP contribution in [0.15, 0.2) is 59.5 Å². The molecule has 0 saturated carbocycles. The van der Waals surface area contributed by atoms with Crippen LogP contribution >= 0.6 is 0 Å². The van der Waals surface area contributed by atoms with E-state index in [1.165, 1.54) is 0 Å². The van der Waals surface area contributed by atoms with Gasteiger partial charge in [-0.05, 0) is 55.3 Å². The molecule has 1 N–H and O–H groups in total. The number of Topliss-reactive ketones (excluding diaryl/α,β-unsaturated/α-hetero) is 1. The largest absolute Gasteiger partial charge is 0.469 e. The summed E-state index contributed by atoms with van der Waals surface area (Å²) in [6.07, 6.45) is 5.97. The Morgan fingerprint density at radius 2 is 1.83 bits per heavy atom. The number of aromatic nitrogens is 4. The highest BCUT2D eigenvalue weighted by molar-refractivity contribution is 6.03. The van der Waals surface area contributed by atoms with E-state index in [-0.39, 0.29) is 11.7 Å². The van der Waals surface area contributed by atoms with E-state index in [2.05, 4.69) is 21.4 Å². The number of aryl methyl sites for hydroxylation is 2. The maximum atomic E-state index is 13.2. The van der Waals surface area contributed by atoms with E-state index in [0.29, 0.717) is 30.2 Å². The van der Waals surface area contributed by atoms with Crippen molar-refractivity contribution in [2.45, 2.75) is 32.6 Å². The molecule has 0 bridgehead atoms. The SMILES string of the molecule is Cc1cc(C)cc(Nc2nn(-c3ncccn3)c3c2C(=O)CC(c2ccco2)C3)c1. The second kappa shape index (κ2) is 7.26. The molecule has 7 heteroatoms. The summed E-state index contributed by atoms with van der Waals surface area (Å²) in [6.45, 7) is 4.09. The topological polar surface area (TPSA) is 85.8 Å². The van der Waals surface area contributed by atoms with Gasteiger partial charge in [-0.1, -0.05) is 6.07 Å². The standard InChI is InChI=1S/C23H21N5O2/c1-14-9-15(2)11-17(10-14)26-22-21-18(28(27-22)23-24-6-4-7-25-23)12-16(13-19(21)29)20-5-3-8-30-20/h3-11,16H,12-13H2,1-2H3,(H,26,27). The zero-order valence-electron chi connectivity index (χ0n) is 16.8. The van der Waals surface area contributed by atoms with Crippen LogP contribution < -0.4 is 5.32 Å². The van der Waals surface area contributed by atoms with Crippen LogP contribution in [0.3, 0.4) is 0 Å². The average Bonchev–Trinajstić information content (AvgIpc) is 3.37. The van der Waals surface area contributed by atoms with Crippen LogP contribution in [0.25, 0.3) is 5.95 Å². The van der Waals surface area contributed by atoms with E-state index < -0.39 is 0 Å². The number of nitrogens with zero attached hydrogens (tertiary/aromatic N) is 4. The lowest BCUT2D eigenvalue weighted by molar-refractivity contribution is 0.0960. The summed E-state index contributed by atoms with van der Waals surface area (Å²) in [4.78, 5) is 21.9. The molecule has 1 aliphatic rings. The first-order valence-electron chi connectivity index (χ1n) is 9.89. The molecule has 1 atom stereocenters. The van der Waals surface area contributed by atoms with Gasteiger partial charge in [0.2, 0.25) is 0 Å². The van der Waals surface area contributed by atoms with Crippen molar-refractivity contribution in [2.24, 2.45) is 0 Å². The molecule has 5 rings (SSSR count). The normalized spacial score (nSPS) is 15.8. The minimum atomic E-state index is -0.0340. The lowest BCUT2D eigenvalue weighted by Gasteiger charge is -2.20. The lowest BCUT2D eigenvalue weighted by atomic mass is 9.85. The predicted octanol–water partition coefficient (Wildman–Crippen LogP) is 4.53. The van der Waals surface area contributed by atoms with Crippen molar-refractivity contribution in [2.75, 3.05) is 5.32 Å². The molecule has 1 aliphatic carbocycles. The molecule has 0 aliphatic heterocycles. The second-order valence-corrected chi connectivity index (χ2v) is 7.68. The summed E-state index contributed by atoms with van der Waals surface area (Å²) in [5.74, 6) is 1.78. The van der Waals surface area contributed by atoms with Crippen LogP contribution in [0, 0.1) is 13.8 Å². The fourth-order valence-corrected chi connectivity index (χ4v) is 4.13. The maximum Gasteiger partial charge on any atom is 0.250 e. The van der Waals surface area contributed by atoms with Gasteiger partial charge in [0.25, 0.3) is 5.95 Å². The Balaban J connectivity index is 1.62. The van der Waals surface area contributed by atoms with Crippen molar-refractivity contribution >= 4 is 17.3 Å². The number of carbonyl (C=O) groups excluding carboxylic acids is 1. The van der Waals surface area contributed by atoms with Gasteiger partial charge in [0, 0.05) is 36.8 Å². The van der Waals surface area contributed by atoms with E-state index in [9.17, 15) is 4.79 Å². The smallest absolute Gasteiger partial charge is 0.250 e. The van der Waals surface area contributed by atoms with Gasteiger partial charge >= 0.3 is 0 Å². The minimum Gasteiger partial charge on any atom is -0.469 e. The number of nitrogens with one attached hydrogen (secondary N) is 1. The Morgan fingerprint density at radius 1 is 1.07 bits per heavy atom. The van der Waals surface area contributed by atoms with Crippen LogP contribution in [-0.4, -0.2) is 25.5 Å². The molecule has 150 valence electrons. The Bertz CT molecular complexity index is 1190. The van der Waals surface area contributed by atoms with Crippen molar-refractivity contribution in [3.63, 3.8) is 0 Å². The van der Waals surface area contributed by atoms with E-state index in [1.54, 1.807) is 29.4 Å². The summed E-state index contributed by atoms with van der Waals surface area (Å²) >= 11 is 0. The zero-order valence-corrected chi connectivity index (χ0v) is 16.8. The zero-order chi connectivity index (χ0) is 20.7. The molecule has 0 amide bonds. The van der Waals surface area contributed by atoms with Crippen LogP contribution in [0.5, 0.6) is 0 Å². The van der Waals surface area contributed by atoms with Crippen LogP contribution in [-0.2, 0) is 6.42 Å². The molecule has 0 spiro atoms. The number of benzene rings is 1. The van der Waals surface area contributed by atoms with Gasteiger partial charge in [0.1, 0.15) is 5.76 Å². The van der Waals surface area contributed by atoms with Gasteiger partial charge in [-0.3, -0.25) is 4.79 Å². The third-order valence-corrected chi connectivity index (χ3v) is 5.30. The Hall–Kier alpha value is -3.74. The third-order valence-electron chi connectivity index (χ3n) is 5.30. The van der Waals surface area contributed by atoms with Crippen molar-refractivity contribution in [1.29, 1.82) is 0 Å². The van der Waals surface area contributed by atoms with Crippen molar-refractivity contribution in [1.82, 2.24) is 19.7 Å². The molecule has 30 heavy (non-hydrogen) atoms. The molecule has 3 heterocycles. The number of furan rings is 1. The first kappa shape index (κ1) is 18.3. The van der Waals surface area contributed by atoms with E-state index in [1.807, 2.05) is 38.1 Å². The molecule has 0 fully saturated rings. The number of anilines is 2. The van der Waals surface area contributed by atoms with Gasteiger partial charge in [0.15, 0.2) is 11.6 Å². The highest BCUT2D eigenvalue weighted by Crippen LogP contribution is 2.37. The molecule has 7 nitrogen and oxygen atoms in total. The molecule has 4 aromatic rings. The third kappa shape index (κ3) is 3.28. The average molecular weight is 399 g/mol. The summed E-state index contributed by atoms with van der Waals surface area (Å²) in [7, 11) is 0. The number of hydrogen-bond donors (Lipinski definition) is 1. The van der Waals surface area contributed by atoms with E-state index in [4.69, 9.17) is 9.52 Å². The van der Waals surface area contributed by atoms with Gasteiger partial charge in [-0.2, -0.15) is 0 Å². The molecular weight excluding hydrogens is 378 g/mol. The van der Waals surface area contributed by atoms with Crippen LogP contribution in [0.1, 0.15) is 45.3 Å². The number of carbonyl (C=O) groups is 1. The van der Waals surface area contributed by atoms with Crippen LogP contribution in [0.4, 0.5) is 11.5 Å². The number of ketones is 1. The van der Waals surface area contributed by atoms with E-state index in [0.717, 1.165) is 28.3 Å². The summed E-state index contributed by atoms with van der Waals surface area (Å²) < 4.78 is 7.26. The second-order valence-electron chi connectivity index (χ2n) is 7.68. The number of hydrogen-bond acceptors (Lipinski definition) is 6. The van der Waals surface area contributed by atoms with Crippen molar-refractivity contribution < 1.29 is 9.21 Å². The number of fused-ring (bicyclic) bond motifs is 1. The van der Waals surface area contributed by atoms with Crippen molar-refractivity contribution in [3.05, 3.63) is 83.2 Å². The van der Waals surface area contributed by atoms with Crippen molar-refractivity contribution in [3.8, 4) is 5.95 Å². The quantitative estimate of drug-likeness (QED) is 0.543. The molecular formula is C23H21N5O2. The van der Waals surface area contributed by atoms with Gasteiger partial charge in [-0.15, -0.1) is 5.10 Å². The molecule has 1 aromatic carbocycles. The summed E-state index contributed by atoms with van der Waals surface area (Å²) in [5, 5.41) is 8.06. The summed E-state index contributed by atoms with van der Waals surface area (Å²) in [6, 6.07) is 11.7. The van der Waals surface area contributed by atoms with Gasteiger partial charge in [-0.25, -0.2) is 14.6 Å². The Labute approximate surface area is 173 Å². The van der Waals surface area contributed by atoms with Gasteiger partial charge < -0.3 is 9.73 Å². The minimum absolute atomic E-state index is 0.0340. The fraction of sp³-hybridized carbons (Fsp3) is 0.217. The molecule has 1 unspecified atom stereocenters. The molecule has 3 aromatic heterocycles. The Kier molecular flexibility index (Phi) is 4.43. The highest BCUT2D eigenvalue weighted by atomic mass is 16.3. The van der Waals surface area contributed by atoms with E-state index >= 15 is 0 Å². The fourth-order valence-electron chi connectivity index (χ4n) is 4.13. The summed E-state index contributed by atoms with van der Waals surface area (Å²) in [5.41, 5.74) is 4.58.